The lowest BCUT2D eigenvalue weighted by atomic mass is 10.2. The number of esters is 1. The molecule has 1 aromatic carbocycles. The Morgan fingerprint density at radius 1 is 1.45 bits per heavy atom. The molecule has 0 aromatic heterocycles. The number of rotatable bonds is 5. The Morgan fingerprint density at radius 3 is 2.77 bits per heavy atom. The number of hydrogen-bond acceptors (Lipinski definition) is 5. The highest BCUT2D eigenvalue weighted by Gasteiger charge is 2.24. The second kappa shape index (κ2) is 7.87. The number of benzene rings is 1. The summed E-state index contributed by atoms with van der Waals surface area (Å²) in [5.41, 5.74) is -0.123. The Morgan fingerprint density at radius 2 is 2.18 bits per heavy atom. The molecule has 124 valence electrons. The number of carbonyl (C=O) groups excluding carboxylic acids is 1. The summed E-state index contributed by atoms with van der Waals surface area (Å²) in [4.78, 5) is 11.3. The van der Waals surface area contributed by atoms with Crippen LogP contribution in [0.3, 0.4) is 0 Å². The SMILES string of the molecule is CCOC(=O)c1cc(F)cc(S(=O)(=O)NC2CCNC2)c1.Cl. The number of sulfonamides is 1. The molecule has 1 aliphatic rings. The van der Waals surface area contributed by atoms with E-state index in [-0.39, 0.29) is 35.5 Å². The number of ether oxygens (including phenoxy) is 1. The van der Waals surface area contributed by atoms with Crippen LogP contribution in [-0.4, -0.2) is 40.1 Å². The predicted molar refractivity (Wildman–Crippen MR) is 81.2 cm³/mol. The van der Waals surface area contributed by atoms with Crippen LogP contribution in [-0.2, 0) is 14.8 Å². The second-order valence-electron chi connectivity index (χ2n) is 4.71. The molecule has 2 rings (SSSR count). The largest absolute Gasteiger partial charge is 0.462 e. The van der Waals surface area contributed by atoms with Gasteiger partial charge in [0.1, 0.15) is 5.82 Å². The first-order valence-corrected chi connectivity index (χ1v) is 8.11. The first-order chi connectivity index (χ1) is 9.92. The van der Waals surface area contributed by atoms with Crippen LogP contribution in [0.2, 0.25) is 0 Å². The highest BCUT2D eigenvalue weighted by Crippen LogP contribution is 2.16. The van der Waals surface area contributed by atoms with Crippen LogP contribution in [0.1, 0.15) is 23.7 Å². The van der Waals surface area contributed by atoms with E-state index in [2.05, 4.69) is 10.0 Å². The number of carbonyl (C=O) groups is 1. The van der Waals surface area contributed by atoms with Gasteiger partial charge in [0, 0.05) is 12.6 Å². The zero-order chi connectivity index (χ0) is 15.5. The summed E-state index contributed by atoms with van der Waals surface area (Å²) in [5.74, 6) is -1.55. The Hall–Kier alpha value is -1.22. The maximum Gasteiger partial charge on any atom is 0.338 e. The van der Waals surface area contributed by atoms with Gasteiger partial charge in [-0.1, -0.05) is 0 Å². The molecule has 1 saturated heterocycles. The van der Waals surface area contributed by atoms with E-state index in [1.807, 2.05) is 0 Å². The minimum atomic E-state index is -3.87. The molecule has 1 unspecified atom stereocenters. The lowest BCUT2D eigenvalue weighted by molar-refractivity contribution is 0.0525. The molecule has 9 heteroatoms. The Bertz CT molecular complexity index is 633. The van der Waals surface area contributed by atoms with Crippen molar-refractivity contribution in [1.29, 1.82) is 0 Å². The molecular weight excluding hydrogens is 335 g/mol. The fourth-order valence-electron chi connectivity index (χ4n) is 2.09. The average Bonchev–Trinajstić information content (AvgIpc) is 2.90. The fourth-order valence-corrected chi connectivity index (χ4v) is 3.42. The normalized spacial score (nSPS) is 17.8. The zero-order valence-electron chi connectivity index (χ0n) is 12.0. The minimum Gasteiger partial charge on any atom is -0.462 e. The van der Waals surface area contributed by atoms with Crippen molar-refractivity contribution >= 4 is 28.4 Å². The van der Waals surface area contributed by atoms with Gasteiger partial charge in [-0.15, -0.1) is 12.4 Å². The number of nitrogens with one attached hydrogen (secondary N) is 2. The molecule has 0 spiro atoms. The van der Waals surface area contributed by atoms with Gasteiger partial charge in [0.2, 0.25) is 10.0 Å². The highest BCUT2D eigenvalue weighted by atomic mass is 35.5. The summed E-state index contributed by atoms with van der Waals surface area (Å²) in [6, 6.07) is 2.72. The van der Waals surface area contributed by atoms with Gasteiger partial charge in [0.05, 0.1) is 17.1 Å². The zero-order valence-corrected chi connectivity index (χ0v) is 13.6. The van der Waals surface area contributed by atoms with E-state index in [1.54, 1.807) is 6.92 Å². The standard InChI is InChI=1S/C13H17FN2O4S.ClH/c1-2-20-13(17)9-5-10(14)7-12(6-9)21(18,19)16-11-3-4-15-8-11;/h5-7,11,15-16H,2-4,8H2,1H3;1H. The van der Waals surface area contributed by atoms with Crippen LogP contribution in [0.4, 0.5) is 4.39 Å². The maximum atomic E-state index is 13.6. The van der Waals surface area contributed by atoms with E-state index in [0.29, 0.717) is 13.0 Å². The third-order valence-corrected chi connectivity index (χ3v) is 4.57. The smallest absolute Gasteiger partial charge is 0.338 e. The molecule has 1 atom stereocenters. The molecule has 1 fully saturated rings. The Kier molecular flexibility index (Phi) is 6.73. The molecule has 1 aromatic rings. The van der Waals surface area contributed by atoms with Gasteiger partial charge in [-0.3, -0.25) is 0 Å². The van der Waals surface area contributed by atoms with Crippen LogP contribution in [0.25, 0.3) is 0 Å². The van der Waals surface area contributed by atoms with Gasteiger partial charge in [-0.25, -0.2) is 22.3 Å². The fraction of sp³-hybridized carbons (Fsp3) is 0.462. The van der Waals surface area contributed by atoms with E-state index in [0.717, 1.165) is 24.7 Å². The van der Waals surface area contributed by atoms with Gasteiger partial charge in [-0.2, -0.15) is 0 Å². The highest BCUT2D eigenvalue weighted by molar-refractivity contribution is 7.89. The summed E-state index contributed by atoms with van der Waals surface area (Å²) < 4.78 is 45.2. The van der Waals surface area contributed by atoms with Gasteiger partial charge in [0.15, 0.2) is 0 Å². The molecular formula is C13H18ClFN2O4S. The number of hydrogen-bond donors (Lipinski definition) is 2. The molecule has 0 amide bonds. The molecule has 1 heterocycles. The van der Waals surface area contributed by atoms with Crippen molar-refractivity contribution in [3.63, 3.8) is 0 Å². The topological polar surface area (TPSA) is 84.5 Å². The van der Waals surface area contributed by atoms with Crippen LogP contribution in [0.5, 0.6) is 0 Å². The lowest BCUT2D eigenvalue weighted by Gasteiger charge is -2.13. The summed E-state index contributed by atoms with van der Waals surface area (Å²) in [5, 5.41) is 3.03. The lowest BCUT2D eigenvalue weighted by Crippen LogP contribution is -2.36. The van der Waals surface area contributed by atoms with Gasteiger partial charge >= 0.3 is 5.97 Å². The molecule has 0 radical (unpaired) electrons. The van der Waals surface area contributed by atoms with Crippen molar-refractivity contribution < 1.29 is 22.3 Å². The molecule has 1 aliphatic heterocycles. The Balaban J connectivity index is 0.00000242. The van der Waals surface area contributed by atoms with Crippen LogP contribution < -0.4 is 10.0 Å². The molecule has 2 N–H and O–H groups in total. The van der Waals surface area contributed by atoms with E-state index in [1.165, 1.54) is 0 Å². The van der Waals surface area contributed by atoms with E-state index < -0.39 is 21.8 Å². The summed E-state index contributed by atoms with van der Waals surface area (Å²) in [7, 11) is -3.87. The summed E-state index contributed by atoms with van der Waals surface area (Å²) >= 11 is 0. The molecule has 0 bridgehead atoms. The molecule has 22 heavy (non-hydrogen) atoms. The van der Waals surface area contributed by atoms with Crippen molar-refractivity contribution in [2.24, 2.45) is 0 Å². The second-order valence-corrected chi connectivity index (χ2v) is 6.42. The molecule has 0 aliphatic carbocycles. The minimum absolute atomic E-state index is 0. The third kappa shape index (κ3) is 4.64. The van der Waals surface area contributed by atoms with Crippen molar-refractivity contribution in [2.45, 2.75) is 24.3 Å². The van der Waals surface area contributed by atoms with Crippen molar-refractivity contribution in [3.05, 3.63) is 29.6 Å². The van der Waals surface area contributed by atoms with Crippen molar-refractivity contribution in [1.82, 2.24) is 10.0 Å². The third-order valence-electron chi connectivity index (χ3n) is 3.07. The monoisotopic (exact) mass is 352 g/mol. The summed E-state index contributed by atoms with van der Waals surface area (Å²) in [6.07, 6.45) is 0.666. The van der Waals surface area contributed by atoms with Crippen LogP contribution >= 0.6 is 12.4 Å². The van der Waals surface area contributed by atoms with E-state index in [4.69, 9.17) is 4.74 Å². The van der Waals surface area contributed by atoms with Crippen LogP contribution in [0, 0.1) is 5.82 Å². The Labute approximate surface area is 134 Å². The summed E-state index contributed by atoms with van der Waals surface area (Å²) in [6.45, 7) is 3.00. The first-order valence-electron chi connectivity index (χ1n) is 6.63. The van der Waals surface area contributed by atoms with Gasteiger partial charge in [0.25, 0.3) is 0 Å². The van der Waals surface area contributed by atoms with Gasteiger partial charge in [-0.05, 0) is 38.1 Å². The average molecular weight is 353 g/mol. The van der Waals surface area contributed by atoms with E-state index >= 15 is 0 Å². The predicted octanol–water partition coefficient (Wildman–Crippen LogP) is 1.06. The quantitative estimate of drug-likeness (QED) is 0.774. The van der Waals surface area contributed by atoms with Crippen molar-refractivity contribution in [3.8, 4) is 0 Å². The van der Waals surface area contributed by atoms with E-state index in [9.17, 15) is 17.6 Å². The first kappa shape index (κ1) is 18.8. The number of halogens is 2. The van der Waals surface area contributed by atoms with Crippen molar-refractivity contribution in [2.75, 3.05) is 19.7 Å². The molecule has 6 nitrogen and oxygen atoms in total. The van der Waals surface area contributed by atoms with Crippen LogP contribution in [0.15, 0.2) is 23.1 Å². The van der Waals surface area contributed by atoms with Gasteiger partial charge < -0.3 is 10.1 Å². The maximum absolute atomic E-state index is 13.6. The molecule has 0 saturated carbocycles.